The number of benzene rings is 8. The first-order valence-corrected chi connectivity index (χ1v) is 16.2. The number of fused-ring (bicyclic) bond motifs is 3. The van der Waals surface area contributed by atoms with Crippen LogP contribution in [0.2, 0.25) is 0 Å². The molecule has 0 N–H and O–H groups in total. The lowest BCUT2D eigenvalue weighted by atomic mass is 10.0. The minimum absolute atomic E-state index is 0.631. The third-order valence-electron chi connectivity index (χ3n) is 9.11. The van der Waals surface area contributed by atoms with Crippen LogP contribution in [0.5, 0.6) is 0 Å². The average Bonchev–Trinajstić information content (AvgIpc) is 3.60. The number of aromatic nitrogens is 1. The Morgan fingerprint density at radius 1 is 0.396 bits per heavy atom. The third-order valence-corrected chi connectivity index (χ3v) is 9.11. The van der Waals surface area contributed by atoms with Crippen LogP contribution in [-0.2, 0) is 0 Å². The average molecular weight is 615 g/mol. The van der Waals surface area contributed by atoms with E-state index in [2.05, 4.69) is 181 Å². The fourth-order valence-corrected chi connectivity index (χ4v) is 6.76. The first-order valence-electron chi connectivity index (χ1n) is 16.2. The Labute approximate surface area is 279 Å². The summed E-state index contributed by atoms with van der Waals surface area (Å²) in [6.45, 7) is 0. The van der Waals surface area contributed by atoms with E-state index in [9.17, 15) is 0 Å². The number of anilines is 3. The van der Waals surface area contributed by atoms with Gasteiger partial charge in [0.05, 0.1) is 5.69 Å². The van der Waals surface area contributed by atoms with E-state index < -0.39 is 0 Å². The highest BCUT2D eigenvalue weighted by Crippen LogP contribution is 2.41. The molecule has 0 radical (unpaired) electrons. The van der Waals surface area contributed by atoms with Crippen molar-refractivity contribution in [3.05, 3.63) is 182 Å². The maximum Gasteiger partial charge on any atom is 0.227 e. The van der Waals surface area contributed by atoms with Gasteiger partial charge in [0.2, 0.25) is 5.89 Å². The van der Waals surface area contributed by atoms with Crippen molar-refractivity contribution in [2.45, 2.75) is 0 Å². The molecule has 0 spiro atoms. The molecule has 0 aliphatic carbocycles. The largest absolute Gasteiger partial charge is 0.435 e. The van der Waals surface area contributed by atoms with Gasteiger partial charge in [-0.1, -0.05) is 140 Å². The van der Waals surface area contributed by atoms with Crippen LogP contribution in [0.3, 0.4) is 0 Å². The molecule has 1 aromatic heterocycles. The zero-order chi connectivity index (χ0) is 31.9. The summed E-state index contributed by atoms with van der Waals surface area (Å²) in [6.07, 6.45) is 0. The summed E-state index contributed by atoms with van der Waals surface area (Å²) >= 11 is 0. The summed E-state index contributed by atoms with van der Waals surface area (Å²) in [7, 11) is 0. The number of para-hydroxylation sites is 1. The molecule has 9 rings (SSSR count). The van der Waals surface area contributed by atoms with Crippen LogP contribution in [0, 0.1) is 0 Å². The molecule has 0 fully saturated rings. The normalized spacial score (nSPS) is 11.3. The number of oxazole rings is 1. The van der Waals surface area contributed by atoms with Gasteiger partial charge in [-0.25, -0.2) is 4.98 Å². The van der Waals surface area contributed by atoms with Crippen LogP contribution < -0.4 is 4.90 Å². The lowest BCUT2D eigenvalue weighted by Gasteiger charge is -2.27. The van der Waals surface area contributed by atoms with Gasteiger partial charge in [0.25, 0.3) is 0 Å². The van der Waals surface area contributed by atoms with Gasteiger partial charge in [-0.15, -0.1) is 0 Å². The Hall–Kier alpha value is -6.45. The van der Waals surface area contributed by atoms with Crippen molar-refractivity contribution >= 4 is 49.7 Å². The first-order chi connectivity index (χ1) is 23.8. The summed E-state index contributed by atoms with van der Waals surface area (Å²) < 4.78 is 6.54. The summed E-state index contributed by atoms with van der Waals surface area (Å²) in [5.41, 5.74) is 10.4. The Bertz CT molecular complexity index is 2540. The fraction of sp³-hybridized carbons (Fsp3) is 0. The molecule has 0 amide bonds. The van der Waals surface area contributed by atoms with Crippen molar-refractivity contribution in [3.63, 3.8) is 0 Å². The Balaban J connectivity index is 1.13. The van der Waals surface area contributed by atoms with Gasteiger partial charge in [-0.3, -0.25) is 0 Å². The second-order valence-corrected chi connectivity index (χ2v) is 12.0. The molecule has 0 unspecified atom stereocenters. The topological polar surface area (TPSA) is 29.3 Å². The molecule has 0 saturated heterocycles. The fourth-order valence-electron chi connectivity index (χ4n) is 6.76. The van der Waals surface area contributed by atoms with E-state index in [1.165, 1.54) is 27.3 Å². The van der Waals surface area contributed by atoms with Gasteiger partial charge in [0, 0.05) is 27.9 Å². The zero-order valence-corrected chi connectivity index (χ0v) is 26.1. The molecule has 0 aliphatic rings. The van der Waals surface area contributed by atoms with Gasteiger partial charge in [-0.05, 0) is 75.3 Å². The molecule has 0 aliphatic heterocycles. The van der Waals surface area contributed by atoms with Crippen molar-refractivity contribution in [2.75, 3.05) is 4.90 Å². The SMILES string of the molecule is c1ccc(-c2ccc(N(c3ccc(-c4cccc5nc(-c6cccc7ccccc67)oc45)cc3)c3cccc4ccccc34)cc2)cc1. The van der Waals surface area contributed by atoms with Gasteiger partial charge in [0.15, 0.2) is 5.58 Å². The molecule has 0 bridgehead atoms. The second-order valence-electron chi connectivity index (χ2n) is 12.0. The summed E-state index contributed by atoms with van der Waals surface area (Å²) in [6, 6.07) is 64.0. The predicted octanol–water partition coefficient (Wildman–Crippen LogP) is 12.6. The molecule has 0 saturated carbocycles. The second kappa shape index (κ2) is 11.7. The maximum atomic E-state index is 6.54. The highest BCUT2D eigenvalue weighted by atomic mass is 16.3. The minimum Gasteiger partial charge on any atom is -0.435 e. The number of nitrogens with zero attached hydrogens (tertiary/aromatic N) is 2. The molecular weight excluding hydrogens is 585 g/mol. The molecule has 9 aromatic rings. The Kier molecular flexibility index (Phi) is 6.80. The first kappa shape index (κ1) is 27.8. The molecule has 3 nitrogen and oxygen atoms in total. The molecule has 1 heterocycles. The summed E-state index contributed by atoms with van der Waals surface area (Å²) in [5.74, 6) is 0.631. The maximum absolute atomic E-state index is 6.54. The molecule has 48 heavy (non-hydrogen) atoms. The van der Waals surface area contributed by atoms with Crippen molar-refractivity contribution < 1.29 is 4.42 Å². The third kappa shape index (κ3) is 4.90. The molecule has 8 aromatic carbocycles. The monoisotopic (exact) mass is 614 g/mol. The van der Waals surface area contributed by atoms with Crippen molar-refractivity contribution in [2.24, 2.45) is 0 Å². The minimum atomic E-state index is 0.631. The van der Waals surface area contributed by atoms with Crippen molar-refractivity contribution in [1.82, 2.24) is 4.98 Å². The van der Waals surface area contributed by atoms with E-state index in [-0.39, 0.29) is 0 Å². The molecule has 226 valence electrons. The van der Waals surface area contributed by atoms with E-state index in [4.69, 9.17) is 9.40 Å². The number of rotatable bonds is 6. The van der Waals surface area contributed by atoms with Gasteiger partial charge >= 0.3 is 0 Å². The van der Waals surface area contributed by atoms with E-state index in [1.807, 2.05) is 6.07 Å². The van der Waals surface area contributed by atoms with Crippen molar-refractivity contribution in [1.29, 1.82) is 0 Å². The Morgan fingerprint density at radius 2 is 0.938 bits per heavy atom. The van der Waals surface area contributed by atoms with Gasteiger partial charge in [-0.2, -0.15) is 0 Å². The lowest BCUT2D eigenvalue weighted by molar-refractivity contribution is 0.621. The highest BCUT2D eigenvalue weighted by Gasteiger charge is 2.18. The van der Waals surface area contributed by atoms with Crippen molar-refractivity contribution in [3.8, 4) is 33.7 Å². The van der Waals surface area contributed by atoms with Crippen LogP contribution in [0.4, 0.5) is 17.1 Å². The quantitative estimate of drug-likeness (QED) is 0.187. The zero-order valence-electron chi connectivity index (χ0n) is 26.1. The van der Waals surface area contributed by atoms with Crippen LogP contribution in [0.25, 0.3) is 66.4 Å². The van der Waals surface area contributed by atoms with Crippen LogP contribution >= 0.6 is 0 Å². The molecule has 0 atom stereocenters. The van der Waals surface area contributed by atoms with E-state index >= 15 is 0 Å². The lowest BCUT2D eigenvalue weighted by Crippen LogP contribution is -2.10. The highest BCUT2D eigenvalue weighted by molar-refractivity contribution is 6.00. The summed E-state index contributed by atoms with van der Waals surface area (Å²) in [5, 5.41) is 4.70. The van der Waals surface area contributed by atoms with E-state index in [1.54, 1.807) is 0 Å². The van der Waals surface area contributed by atoms with Crippen LogP contribution in [0.1, 0.15) is 0 Å². The van der Waals surface area contributed by atoms with Gasteiger partial charge in [0.1, 0.15) is 5.52 Å². The molecule has 3 heteroatoms. The van der Waals surface area contributed by atoms with Crippen LogP contribution in [-0.4, -0.2) is 4.98 Å². The Morgan fingerprint density at radius 3 is 1.69 bits per heavy atom. The smallest absolute Gasteiger partial charge is 0.227 e. The summed E-state index contributed by atoms with van der Waals surface area (Å²) in [4.78, 5) is 7.27. The van der Waals surface area contributed by atoms with Gasteiger partial charge < -0.3 is 9.32 Å². The number of hydrogen-bond acceptors (Lipinski definition) is 3. The van der Waals surface area contributed by atoms with Crippen LogP contribution in [0.15, 0.2) is 186 Å². The van der Waals surface area contributed by atoms with E-state index in [0.717, 1.165) is 50.2 Å². The molecular formula is C45H30N2O. The predicted molar refractivity (Wildman–Crippen MR) is 200 cm³/mol. The number of hydrogen-bond donors (Lipinski definition) is 0. The van der Waals surface area contributed by atoms with E-state index in [0.29, 0.717) is 5.89 Å². The standard InChI is InChI=1S/C45H30N2O/c1-2-11-31(12-3-1)32-23-27-36(28-24-32)47(43-22-9-16-34-14-5-7-18-39(34)43)37-29-25-35(26-30-37)40-19-10-21-42-44(40)48-45(46-42)41-20-8-15-33-13-4-6-17-38(33)41/h1-30H.